The molecule has 0 aliphatic carbocycles. The van der Waals surface area contributed by atoms with E-state index in [2.05, 4.69) is 11.0 Å². The summed E-state index contributed by atoms with van der Waals surface area (Å²) in [6.45, 7) is 6.43. The molecule has 1 aromatic heterocycles. The molecule has 0 radical (unpaired) electrons. The first kappa shape index (κ1) is 16.8. The summed E-state index contributed by atoms with van der Waals surface area (Å²) in [6.07, 6.45) is 2.49. The average Bonchev–Trinajstić information content (AvgIpc) is 3.29. The van der Waals surface area contributed by atoms with Gasteiger partial charge in [-0.15, -0.1) is 0 Å². The molecule has 5 nitrogen and oxygen atoms in total. The van der Waals surface area contributed by atoms with E-state index in [-0.39, 0.29) is 11.9 Å². The van der Waals surface area contributed by atoms with Crippen molar-refractivity contribution in [2.24, 2.45) is 0 Å². The van der Waals surface area contributed by atoms with Gasteiger partial charge in [0.05, 0.1) is 11.7 Å². The predicted molar refractivity (Wildman–Crippen MR) is 103 cm³/mol. The molecule has 2 aliphatic rings. The summed E-state index contributed by atoms with van der Waals surface area (Å²) in [4.78, 5) is 14.7. The number of Topliss-reactive ketones (excluding diaryl/α,β-unsaturated/α-hetero) is 1. The van der Waals surface area contributed by atoms with Gasteiger partial charge < -0.3 is 13.9 Å². The SMILES string of the molecule is CC(=O)c1c(C)oc2c1c1c(c3ccccc32)OCN(CC2CCCO2)C1. The van der Waals surface area contributed by atoms with Crippen LogP contribution < -0.4 is 4.74 Å². The molecule has 0 N–H and O–H groups in total. The molecule has 27 heavy (non-hydrogen) atoms. The summed E-state index contributed by atoms with van der Waals surface area (Å²) in [7, 11) is 0. The van der Waals surface area contributed by atoms with Crippen LogP contribution in [0.1, 0.15) is 41.4 Å². The minimum atomic E-state index is 0.0278. The van der Waals surface area contributed by atoms with E-state index in [4.69, 9.17) is 13.9 Å². The Morgan fingerprint density at radius 2 is 2.07 bits per heavy atom. The molecule has 0 amide bonds. The van der Waals surface area contributed by atoms with E-state index < -0.39 is 0 Å². The number of rotatable bonds is 3. The van der Waals surface area contributed by atoms with Crippen LogP contribution in [0.2, 0.25) is 0 Å². The van der Waals surface area contributed by atoms with Gasteiger partial charge >= 0.3 is 0 Å². The quantitative estimate of drug-likeness (QED) is 0.643. The molecule has 3 heterocycles. The number of furan rings is 1. The molecule has 3 aromatic rings. The number of fused-ring (bicyclic) bond motifs is 6. The lowest BCUT2D eigenvalue weighted by Gasteiger charge is -2.31. The van der Waals surface area contributed by atoms with Crippen LogP contribution in [0.4, 0.5) is 0 Å². The fourth-order valence-corrected chi connectivity index (χ4v) is 4.54. The maximum atomic E-state index is 12.4. The summed E-state index contributed by atoms with van der Waals surface area (Å²) < 4.78 is 18.1. The van der Waals surface area contributed by atoms with Gasteiger partial charge in [-0.1, -0.05) is 24.3 Å². The molecular weight excluding hydrogens is 342 g/mol. The molecular formula is C22H23NO4. The third-order valence-electron chi connectivity index (χ3n) is 5.69. The second-order valence-corrected chi connectivity index (χ2v) is 7.57. The van der Waals surface area contributed by atoms with Crippen molar-refractivity contribution >= 4 is 27.5 Å². The van der Waals surface area contributed by atoms with E-state index in [0.717, 1.165) is 65.6 Å². The average molecular weight is 365 g/mol. The largest absolute Gasteiger partial charge is 0.477 e. The van der Waals surface area contributed by atoms with Crippen molar-refractivity contribution in [3.05, 3.63) is 41.2 Å². The summed E-state index contributed by atoms with van der Waals surface area (Å²) in [5.74, 6) is 1.58. The maximum absolute atomic E-state index is 12.4. The highest BCUT2D eigenvalue weighted by Gasteiger charge is 2.30. The second kappa shape index (κ2) is 6.36. The van der Waals surface area contributed by atoms with Crippen LogP contribution in [0.5, 0.6) is 5.75 Å². The lowest BCUT2D eigenvalue weighted by atomic mass is 9.95. The Hall–Kier alpha value is -2.37. The summed E-state index contributed by atoms with van der Waals surface area (Å²) in [5, 5.41) is 2.95. The standard InChI is InChI=1S/C22H23NO4/c1-13(24)19-14(2)27-22-17-8-4-3-7-16(17)21-18(20(19)22)11-23(12-26-21)10-15-6-5-9-25-15/h3-4,7-8,15H,5-6,9-12H2,1-2H3. The van der Waals surface area contributed by atoms with Crippen LogP contribution in [-0.4, -0.2) is 36.7 Å². The van der Waals surface area contributed by atoms with Crippen LogP contribution in [0.15, 0.2) is 28.7 Å². The van der Waals surface area contributed by atoms with Crippen molar-refractivity contribution in [1.82, 2.24) is 4.90 Å². The highest BCUT2D eigenvalue weighted by Crippen LogP contribution is 2.44. The lowest BCUT2D eigenvalue weighted by Crippen LogP contribution is -2.37. The molecule has 5 heteroatoms. The maximum Gasteiger partial charge on any atom is 0.163 e. The zero-order valence-corrected chi connectivity index (χ0v) is 15.7. The zero-order valence-electron chi connectivity index (χ0n) is 15.7. The molecule has 1 fully saturated rings. The Bertz CT molecular complexity index is 1050. The smallest absolute Gasteiger partial charge is 0.163 e. The second-order valence-electron chi connectivity index (χ2n) is 7.57. The van der Waals surface area contributed by atoms with Gasteiger partial charge in [0.1, 0.15) is 23.8 Å². The molecule has 2 aromatic carbocycles. The van der Waals surface area contributed by atoms with Gasteiger partial charge in [-0.25, -0.2) is 0 Å². The topological polar surface area (TPSA) is 51.9 Å². The molecule has 0 bridgehead atoms. The van der Waals surface area contributed by atoms with Gasteiger partial charge in [0.2, 0.25) is 0 Å². The van der Waals surface area contributed by atoms with E-state index in [1.807, 2.05) is 25.1 Å². The number of nitrogens with zero attached hydrogens (tertiary/aromatic N) is 1. The lowest BCUT2D eigenvalue weighted by molar-refractivity contribution is 0.0291. The molecule has 5 rings (SSSR count). The predicted octanol–water partition coefficient (Wildman–Crippen LogP) is 4.43. The molecule has 0 spiro atoms. The normalized spacial score (nSPS) is 20.1. The number of hydrogen-bond acceptors (Lipinski definition) is 5. The first-order chi connectivity index (χ1) is 13.1. The molecule has 1 unspecified atom stereocenters. The minimum absolute atomic E-state index is 0.0278. The Morgan fingerprint density at radius 3 is 2.81 bits per heavy atom. The first-order valence-corrected chi connectivity index (χ1v) is 9.58. The van der Waals surface area contributed by atoms with Crippen molar-refractivity contribution in [1.29, 1.82) is 0 Å². The molecule has 140 valence electrons. The number of hydrogen-bond donors (Lipinski definition) is 0. The number of ether oxygens (including phenoxy) is 2. The molecule has 1 atom stereocenters. The van der Waals surface area contributed by atoms with Crippen molar-refractivity contribution < 1.29 is 18.7 Å². The van der Waals surface area contributed by atoms with Gasteiger partial charge in [0, 0.05) is 41.4 Å². The number of carbonyl (C=O) groups excluding carboxylic acids is 1. The Morgan fingerprint density at radius 1 is 1.26 bits per heavy atom. The number of aryl methyl sites for hydroxylation is 1. The Labute approximate surface area is 157 Å². The van der Waals surface area contributed by atoms with E-state index >= 15 is 0 Å². The van der Waals surface area contributed by atoms with Gasteiger partial charge in [0.25, 0.3) is 0 Å². The summed E-state index contributed by atoms with van der Waals surface area (Å²) >= 11 is 0. The van der Waals surface area contributed by atoms with Gasteiger partial charge in [-0.3, -0.25) is 9.69 Å². The van der Waals surface area contributed by atoms with Crippen molar-refractivity contribution in [3.63, 3.8) is 0 Å². The van der Waals surface area contributed by atoms with Crippen molar-refractivity contribution in [2.45, 2.75) is 39.3 Å². The monoisotopic (exact) mass is 365 g/mol. The van der Waals surface area contributed by atoms with Gasteiger partial charge in [-0.2, -0.15) is 0 Å². The third kappa shape index (κ3) is 2.65. The Balaban J connectivity index is 1.70. The summed E-state index contributed by atoms with van der Waals surface area (Å²) in [5.41, 5.74) is 2.51. The minimum Gasteiger partial charge on any atom is -0.477 e. The van der Waals surface area contributed by atoms with Crippen LogP contribution in [0.3, 0.4) is 0 Å². The van der Waals surface area contributed by atoms with Gasteiger partial charge in [0.15, 0.2) is 5.78 Å². The molecule has 0 saturated carbocycles. The van der Waals surface area contributed by atoms with Crippen LogP contribution in [0, 0.1) is 6.92 Å². The van der Waals surface area contributed by atoms with Crippen molar-refractivity contribution in [2.75, 3.05) is 19.9 Å². The zero-order chi connectivity index (χ0) is 18.5. The van der Waals surface area contributed by atoms with E-state index in [0.29, 0.717) is 18.1 Å². The highest BCUT2D eigenvalue weighted by atomic mass is 16.5. The highest BCUT2D eigenvalue weighted by molar-refractivity contribution is 6.17. The molecule has 2 aliphatic heterocycles. The fraction of sp³-hybridized carbons (Fsp3) is 0.409. The first-order valence-electron chi connectivity index (χ1n) is 9.58. The van der Waals surface area contributed by atoms with E-state index in [1.54, 1.807) is 6.92 Å². The van der Waals surface area contributed by atoms with Crippen LogP contribution in [0.25, 0.3) is 21.7 Å². The molecule has 1 saturated heterocycles. The van der Waals surface area contributed by atoms with Crippen molar-refractivity contribution in [3.8, 4) is 5.75 Å². The summed E-state index contributed by atoms with van der Waals surface area (Å²) in [6, 6.07) is 8.10. The van der Waals surface area contributed by atoms with Crippen LogP contribution >= 0.6 is 0 Å². The fourth-order valence-electron chi connectivity index (χ4n) is 4.54. The number of ketones is 1. The third-order valence-corrected chi connectivity index (χ3v) is 5.69. The van der Waals surface area contributed by atoms with E-state index in [1.165, 1.54) is 0 Å². The van der Waals surface area contributed by atoms with E-state index in [9.17, 15) is 4.79 Å². The Kier molecular flexibility index (Phi) is 3.95. The number of carbonyl (C=O) groups is 1. The van der Waals surface area contributed by atoms with Crippen LogP contribution in [-0.2, 0) is 11.3 Å². The number of benzene rings is 2. The van der Waals surface area contributed by atoms with Gasteiger partial charge in [-0.05, 0) is 26.7 Å².